The van der Waals surface area contributed by atoms with Crippen molar-refractivity contribution in [3.8, 4) is 23.0 Å². The Morgan fingerprint density at radius 3 is 2.39 bits per heavy atom. The van der Waals surface area contributed by atoms with Crippen molar-refractivity contribution < 1.29 is 9.53 Å². The maximum Gasteiger partial charge on any atom is 0.407 e. The van der Waals surface area contributed by atoms with Crippen LogP contribution in [0.1, 0.15) is 29.0 Å². The number of aromatic nitrogens is 1. The molecule has 1 aliphatic carbocycles. The van der Waals surface area contributed by atoms with E-state index in [9.17, 15) is 4.79 Å². The van der Waals surface area contributed by atoms with Gasteiger partial charge in [-0.05, 0) is 34.4 Å². The molecule has 0 bridgehead atoms. The number of ether oxygens (including phenoxy) is 1. The van der Waals surface area contributed by atoms with Gasteiger partial charge in [0.05, 0.1) is 11.1 Å². The SMILES string of the molecule is O=C(NCCC#Cc1cc2ccccc2nc1Cl)OCC1c2ccccc2-c2ccccc21. The zero-order valence-corrected chi connectivity index (χ0v) is 18.6. The number of carbonyl (C=O) groups is 1. The summed E-state index contributed by atoms with van der Waals surface area (Å²) < 4.78 is 5.54. The second-order valence-electron chi connectivity index (χ2n) is 7.82. The number of pyridine rings is 1. The quantitative estimate of drug-likeness (QED) is 0.229. The average molecular weight is 453 g/mol. The average Bonchev–Trinajstić information content (AvgIpc) is 3.16. The molecule has 162 valence electrons. The van der Waals surface area contributed by atoms with E-state index in [1.165, 1.54) is 22.3 Å². The molecule has 3 aromatic carbocycles. The fourth-order valence-electron chi connectivity index (χ4n) is 4.21. The summed E-state index contributed by atoms with van der Waals surface area (Å²) in [6.45, 7) is 0.687. The Hall–Kier alpha value is -3.81. The summed E-state index contributed by atoms with van der Waals surface area (Å²) in [7, 11) is 0. The minimum atomic E-state index is -0.441. The Bertz CT molecular complexity index is 1360. The van der Waals surface area contributed by atoms with Crippen LogP contribution >= 0.6 is 11.6 Å². The first-order valence-electron chi connectivity index (χ1n) is 10.8. The first kappa shape index (κ1) is 21.1. The smallest absolute Gasteiger partial charge is 0.407 e. The molecule has 5 heteroatoms. The second kappa shape index (κ2) is 9.36. The molecule has 4 aromatic rings. The van der Waals surface area contributed by atoms with Crippen LogP contribution in [-0.4, -0.2) is 24.2 Å². The van der Waals surface area contributed by atoms with Gasteiger partial charge in [0.1, 0.15) is 11.8 Å². The van der Waals surface area contributed by atoms with E-state index in [0.717, 1.165) is 10.9 Å². The van der Waals surface area contributed by atoms with Gasteiger partial charge in [0.15, 0.2) is 0 Å². The third kappa shape index (κ3) is 4.41. The molecule has 1 heterocycles. The minimum absolute atomic E-state index is 0.0467. The highest BCUT2D eigenvalue weighted by Crippen LogP contribution is 2.44. The van der Waals surface area contributed by atoms with Crippen LogP contribution in [0.2, 0.25) is 5.15 Å². The van der Waals surface area contributed by atoms with Crippen molar-refractivity contribution in [1.29, 1.82) is 0 Å². The molecule has 1 amide bonds. The highest BCUT2D eigenvalue weighted by Gasteiger charge is 2.28. The largest absolute Gasteiger partial charge is 0.449 e. The molecule has 0 radical (unpaired) electrons. The van der Waals surface area contributed by atoms with Crippen molar-refractivity contribution in [2.75, 3.05) is 13.2 Å². The van der Waals surface area contributed by atoms with Crippen LogP contribution < -0.4 is 5.32 Å². The topological polar surface area (TPSA) is 51.2 Å². The Morgan fingerprint density at radius 2 is 1.64 bits per heavy atom. The fraction of sp³-hybridized carbons (Fsp3) is 0.143. The lowest BCUT2D eigenvalue weighted by Gasteiger charge is -2.14. The van der Waals surface area contributed by atoms with Crippen molar-refractivity contribution >= 4 is 28.6 Å². The fourth-order valence-corrected chi connectivity index (χ4v) is 4.41. The predicted octanol–water partition coefficient (Wildman–Crippen LogP) is 6.17. The zero-order valence-electron chi connectivity index (χ0n) is 17.8. The number of nitrogens with zero attached hydrogens (tertiary/aromatic N) is 1. The van der Waals surface area contributed by atoms with Gasteiger partial charge in [0.25, 0.3) is 0 Å². The number of benzene rings is 3. The molecule has 0 unspecified atom stereocenters. The molecule has 0 aliphatic heterocycles. The van der Waals surface area contributed by atoms with E-state index in [-0.39, 0.29) is 5.92 Å². The molecule has 1 aliphatic rings. The van der Waals surface area contributed by atoms with Crippen LogP contribution in [0.4, 0.5) is 4.79 Å². The highest BCUT2D eigenvalue weighted by atomic mass is 35.5. The normalized spacial score (nSPS) is 11.9. The van der Waals surface area contributed by atoms with Gasteiger partial charge in [-0.25, -0.2) is 9.78 Å². The van der Waals surface area contributed by atoms with Gasteiger partial charge in [-0.3, -0.25) is 0 Å². The molecular formula is C28H21ClN2O2. The lowest BCUT2D eigenvalue weighted by Crippen LogP contribution is -2.26. The van der Waals surface area contributed by atoms with Crippen LogP contribution in [0.5, 0.6) is 0 Å². The van der Waals surface area contributed by atoms with Crippen LogP contribution in [0.15, 0.2) is 78.9 Å². The molecule has 0 spiro atoms. The maximum atomic E-state index is 12.2. The number of hydrogen-bond acceptors (Lipinski definition) is 3. The molecule has 1 N–H and O–H groups in total. The number of halogens is 1. The third-order valence-corrected chi connectivity index (χ3v) is 6.05. The number of fused-ring (bicyclic) bond motifs is 4. The summed E-state index contributed by atoms with van der Waals surface area (Å²) in [4.78, 5) is 16.6. The Kier molecular flexibility index (Phi) is 5.97. The van der Waals surface area contributed by atoms with E-state index in [4.69, 9.17) is 16.3 Å². The van der Waals surface area contributed by atoms with E-state index in [1.807, 2.05) is 54.6 Å². The Labute approximate surface area is 197 Å². The van der Waals surface area contributed by atoms with Gasteiger partial charge in [0, 0.05) is 24.3 Å². The molecule has 5 rings (SSSR count). The van der Waals surface area contributed by atoms with Crippen LogP contribution in [-0.2, 0) is 4.74 Å². The molecule has 33 heavy (non-hydrogen) atoms. The van der Waals surface area contributed by atoms with E-state index >= 15 is 0 Å². The maximum absolute atomic E-state index is 12.2. The van der Waals surface area contributed by atoms with Crippen molar-refractivity contribution in [3.63, 3.8) is 0 Å². The van der Waals surface area contributed by atoms with Crippen molar-refractivity contribution in [1.82, 2.24) is 10.3 Å². The van der Waals surface area contributed by atoms with Gasteiger partial charge >= 0.3 is 6.09 Å². The second-order valence-corrected chi connectivity index (χ2v) is 8.18. The zero-order chi connectivity index (χ0) is 22.6. The highest BCUT2D eigenvalue weighted by molar-refractivity contribution is 6.31. The van der Waals surface area contributed by atoms with E-state index < -0.39 is 6.09 Å². The minimum Gasteiger partial charge on any atom is -0.449 e. The first-order valence-corrected chi connectivity index (χ1v) is 11.2. The lowest BCUT2D eigenvalue weighted by molar-refractivity contribution is 0.143. The molecule has 0 atom stereocenters. The molecule has 1 aromatic heterocycles. The Balaban J connectivity index is 1.15. The summed E-state index contributed by atoms with van der Waals surface area (Å²) in [6.07, 6.45) is 0.0388. The molecule has 0 fully saturated rings. The van der Waals surface area contributed by atoms with E-state index in [0.29, 0.717) is 30.3 Å². The number of para-hydroxylation sites is 1. The predicted molar refractivity (Wildman–Crippen MR) is 131 cm³/mol. The van der Waals surface area contributed by atoms with Crippen molar-refractivity contribution in [2.45, 2.75) is 12.3 Å². The number of rotatable bonds is 4. The standard InChI is InChI=1S/C28H21ClN2O2/c29-27-20(17-19-9-1-6-15-26(19)31-27)10-7-8-16-30-28(32)33-18-25-23-13-4-2-11-21(23)22-12-3-5-14-24(22)25/h1-6,9,11-15,17,25H,8,16,18H2,(H,30,32). The molecule has 0 saturated heterocycles. The lowest BCUT2D eigenvalue weighted by atomic mass is 9.98. The number of amides is 1. The van der Waals surface area contributed by atoms with E-state index in [2.05, 4.69) is 46.4 Å². The summed E-state index contributed by atoms with van der Waals surface area (Å²) >= 11 is 6.24. The van der Waals surface area contributed by atoms with Crippen LogP contribution in [0.25, 0.3) is 22.0 Å². The van der Waals surface area contributed by atoms with E-state index in [1.54, 1.807) is 0 Å². The Morgan fingerprint density at radius 1 is 0.970 bits per heavy atom. The van der Waals surface area contributed by atoms with Gasteiger partial charge < -0.3 is 10.1 Å². The molecular weight excluding hydrogens is 432 g/mol. The summed E-state index contributed by atoms with van der Waals surface area (Å²) in [5, 5.41) is 4.14. The van der Waals surface area contributed by atoms with Gasteiger partial charge in [0.2, 0.25) is 0 Å². The number of carbonyl (C=O) groups excluding carboxylic acids is 1. The summed E-state index contributed by atoms with van der Waals surface area (Å²) in [6, 6.07) is 26.2. The summed E-state index contributed by atoms with van der Waals surface area (Å²) in [5.74, 6) is 6.13. The number of nitrogens with one attached hydrogen (secondary N) is 1. The van der Waals surface area contributed by atoms with Gasteiger partial charge in [-0.15, -0.1) is 0 Å². The number of hydrogen-bond donors (Lipinski definition) is 1. The van der Waals surface area contributed by atoms with Crippen molar-refractivity contribution in [2.24, 2.45) is 0 Å². The van der Waals surface area contributed by atoms with Crippen LogP contribution in [0.3, 0.4) is 0 Å². The van der Waals surface area contributed by atoms with Crippen molar-refractivity contribution in [3.05, 3.63) is 101 Å². The molecule has 0 saturated carbocycles. The first-order chi connectivity index (χ1) is 16.2. The van der Waals surface area contributed by atoms with Gasteiger partial charge in [-0.1, -0.05) is 90.2 Å². The number of alkyl carbamates (subject to hydrolysis) is 1. The van der Waals surface area contributed by atoms with Crippen LogP contribution in [0, 0.1) is 11.8 Å². The van der Waals surface area contributed by atoms with Gasteiger partial charge in [-0.2, -0.15) is 0 Å². The third-order valence-electron chi connectivity index (χ3n) is 5.76. The summed E-state index contributed by atoms with van der Waals surface area (Å²) in [5.41, 5.74) is 6.32. The molecule has 4 nitrogen and oxygen atoms in total. The monoisotopic (exact) mass is 452 g/mol.